The van der Waals surface area contributed by atoms with Gasteiger partial charge in [-0.25, -0.2) is 4.98 Å². The van der Waals surface area contributed by atoms with E-state index in [1.54, 1.807) is 24.1 Å². The molecule has 0 atom stereocenters. The molecule has 2 aliphatic heterocycles. The zero-order chi connectivity index (χ0) is 28.3. The summed E-state index contributed by atoms with van der Waals surface area (Å²) in [6, 6.07) is 15.9. The summed E-state index contributed by atoms with van der Waals surface area (Å²) in [7, 11) is 0. The van der Waals surface area contributed by atoms with E-state index in [-0.39, 0.29) is 17.7 Å². The maximum Gasteiger partial charge on any atom is 0.276 e. The number of fused-ring (bicyclic) bond motifs is 6. The quantitative estimate of drug-likeness (QED) is 0.302. The Labute approximate surface area is 238 Å². The largest absolute Gasteiger partial charge is 0.361 e. The molecule has 0 saturated carbocycles. The van der Waals surface area contributed by atoms with Gasteiger partial charge in [0.2, 0.25) is 11.9 Å². The van der Waals surface area contributed by atoms with Crippen LogP contribution in [0.4, 0.5) is 28.8 Å². The molecule has 0 aliphatic carbocycles. The lowest BCUT2D eigenvalue weighted by molar-refractivity contribution is -0.117. The van der Waals surface area contributed by atoms with E-state index in [1.165, 1.54) is 5.56 Å². The predicted octanol–water partition coefficient (Wildman–Crippen LogP) is 5.55. The van der Waals surface area contributed by atoms with E-state index in [1.807, 2.05) is 31.2 Å². The second-order valence-electron chi connectivity index (χ2n) is 10.9. The normalized spacial score (nSPS) is 15.0. The predicted molar refractivity (Wildman–Crippen MR) is 157 cm³/mol. The van der Waals surface area contributed by atoms with Crippen molar-refractivity contribution in [2.24, 2.45) is 5.92 Å². The highest BCUT2D eigenvalue weighted by Crippen LogP contribution is 2.29. The van der Waals surface area contributed by atoms with Crippen molar-refractivity contribution < 1.29 is 14.1 Å². The van der Waals surface area contributed by atoms with Crippen LogP contribution in [0.25, 0.3) is 0 Å². The topological polar surface area (TPSA) is 125 Å². The van der Waals surface area contributed by atoms with Gasteiger partial charge in [-0.1, -0.05) is 17.3 Å². The molecular weight excluding hydrogens is 518 g/mol. The molecule has 210 valence electrons. The van der Waals surface area contributed by atoms with Crippen LogP contribution in [-0.2, 0) is 17.6 Å². The van der Waals surface area contributed by atoms with Crippen LogP contribution in [0.2, 0.25) is 0 Å². The highest BCUT2D eigenvalue weighted by molar-refractivity contribution is 5.93. The van der Waals surface area contributed by atoms with Gasteiger partial charge in [0.05, 0.1) is 0 Å². The minimum Gasteiger partial charge on any atom is -0.361 e. The number of aromatic nitrogens is 3. The maximum absolute atomic E-state index is 13.2. The van der Waals surface area contributed by atoms with Crippen molar-refractivity contribution in [1.29, 1.82) is 0 Å². The molecular formula is C31H33N7O3. The van der Waals surface area contributed by atoms with Crippen molar-refractivity contribution in [3.63, 3.8) is 0 Å². The summed E-state index contributed by atoms with van der Waals surface area (Å²) in [5.41, 5.74) is 6.15. The summed E-state index contributed by atoms with van der Waals surface area (Å²) in [6.07, 6.45) is 5.34. The fourth-order valence-electron chi connectivity index (χ4n) is 5.41. The van der Waals surface area contributed by atoms with E-state index in [9.17, 15) is 9.59 Å². The minimum absolute atomic E-state index is 0.00994. The molecule has 4 aromatic rings. The second-order valence-corrected chi connectivity index (χ2v) is 10.9. The number of anilines is 5. The van der Waals surface area contributed by atoms with Gasteiger partial charge in [-0.05, 0) is 86.9 Å². The van der Waals surface area contributed by atoms with Gasteiger partial charge in [-0.15, -0.1) is 0 Å². The molecule has 2 amide bonds. The van der Waals surface area contributed by atoms with E-state index in [4.69, 9.17) is 4.52 Å². The first kappa shape index (κ1) is 26.5. The van der Waals surface area contributed by atoms with Crippen molar-refractivity contribution in [3.8, 4) is 0 Å². The third-order valence-electron chi connectivity index (χ3n) is 7.70. The van der Waals surface area contributed by atoms with E-state index in [0.717, 1.165) is 59.7 Å². The first-order valence-electron chi connectivity index (χ1n) is 14.0. The van der Waals surface area contributed by atoms with Crippen molar-refractivity contribution >= 4 is 40.6 Å². The Morgan fingerprint density at radius 2 is 1.85 bits per heavy atom. The first-order chi connectivity index (χ1) is 19.9. The number of carbonyl (C=O) groups excluding carboxylic acids is 2. The molecule has 6 rings (SSSR count). The Balaban J connectivity index is 1.14. The third kappa shape index (κ3) is 6.21. The molecule has 2 aromatic carbocycles. The van der Waals surface area contributed by atoms with E-state index in [0.29, 0.717) is 36.9 Å². The molecule has 2 aliphatic rings. The summed E-state index contributed by atoms with van der Waals surface area (Å²) in [4.78, 5) is 36.7. The lowest BCUT2D eigenvalue weighted by Gasteiger charge is -2.31. The summed E-state index contributed by atoms with van der Waals surface area (Å²) in [5, 5.41) is 13.7. The molecule has 3 N–H and O–H groups in total. The number of carbonyl (C=O) groups is 2. The van der Waals surface area contributed by atoms with Gasteiger partial charge < -0.3 is 25.4 Å². The number of likely N-dealkylation sites (tertiary alicyclic amines) is 1. The molecule has 10 heteroatoms. The number of amides is 2. The van der Waals surface area contributed by atoms with Crippen LogP contribution in [0.1, 0.15) is 52.2 Å². The summed E-state index contributed by atoms with van der Waals surface area (Å²) < 4.78 is 5.05. The lowest BCUT2D eigenvalue weighted by atomic mass is 9.93. The van der Waals surface area contributed by atoms with Crippen molar-refractivity contribution in [2.75, 3.05) is 29.0 Å². The Bertz CT molecular complexity index is 1590. The second kappa shape index (κ2) is 11.4. The minimum atomic E-state index is -0.117. The fraction of sp³-hybridized carbons (Fsp3) is 0.323. The molecule has 41 heavy (non-hydrogen) atoms. The highest BCUT2D eigenvalue weighted by Gasteiger charge is 2.27. The molecule has 0 unspecified atom stereocenters. The van der Waals surface area contributed by atoms with Gasteiger partial charge >= 0.3 is 0 Å². The Morgan fingerprint density at radius 1 is 1.02 bits per heavy atom. The van der Waals surface area contributed by atoms with Gasteiger partial charge in [-0.3, -0.25) is 9.59 Å². The van der Waals surface area contributed by atoms with Crippen LogP contribution < -0.4 is 16.0 Å². The number of hydrogen-bond donors (Lipinski definition) is 3. The zero-order valence-electron chi connectivity index (χ0n) is 23.2. The molecule has 1 fully saturated rings. The fourth-order valence-corrected chi connectivity index (χ4v) is 5.41. The highest BCUT2D eigenvalue weighted by atomic mass is 16.5. The number of aryl methyl sites for hydroxylation is 4. The number of hydrogen-bond acceptors (Lipinski definition) is 8. The first-order valence-corrected chi connectivity index (χ1v) is 14.0. The van der Waals surface area contributed by atoms with Crippen LogP contribution in [-0.4, -0.2) is 44.9 Å². The van der Waals surface area contributed by atoms with Crippen LogP contribution >= 0.6 is 0 Å². The van der Waals surface area contributed by atoms with Crippen molar-refractivity contribution in [3.05, 3.63) is 82.9 Å². The monoisotopic (exact) mass is 551 g/mol. The van der Waals surface area contributed by atoms with Gasteiger partial charge in [0.25, 0.3) is 5.91 Å². The lowest BCUT2D eigenvalue weighted by Crippen LogP contribution is -2.39. The standard InChI is InChI=1S/C31H33N7O3/c1-19-18-32-31-34-24-5-3-4-21(15-24)6-7-23-17-25(33-29(19)36-31)8-9-26(23)35-28(39)16-22-10-12-38(13-11-22)30(40)27-14-20(2)41-37-27/h3-5,8-9,14-15,17-18,22H,6-7,10-13,16H2,1-2H3,(H,35,39)(H2,32,33,34,36). The zero-order valence-corrected chi connectivity index (χ0v) is 23.2. The third-order valence-corrected chi connectivity index (χ3v) is 7.70. The molecule has 4 heterocycles. The Kier molecular flexibility index (Phi) is 7.37. The summed E-state index contributed by atoms with van der Waals surface area (Å²) in [5.74, 6) is 1.96. The molecule has 1 saturated heterocycles. The summed E-state index contributed by atoms with van der Waals surface area (Å²) in [6.45, 7) is 4.94. The SMILES string of the molecule is Cc1cc(C(=O)N2CCC(CC(=O)Nc3ccc4cc3CCc3cccc(c3)Nc3ncc(C)c(n3)N4)CC2)no1. The Hall–Kier alpha value is -4.73. The van der Waals surface area contributed by atoms with E-state index in [2.05, 4.69) is 49.3 Å². The average molecular weight is 552 g/mol. The van der Waals surface area contributed by atoms with Crippen LogP contribution in [0, 0.1) is 19.8 Å². The number of piperidine rings is 1. The van der Waals surface area contributed by atoms with Crippen molar-refractivity contribution in [2.45, 2.75) is 46.0 Å². The number of benzene rings is 2. The number of nitrogens with one attached hydrogen (secondary N) is 3. The van der Waals surface area contributed by atoms with Gasteiger partial charge in [0, 0.05) is 54.4 Å². The molecule has 10 nitrogen and oxygen atoms in total. The molecule has 6 bridgehead atoms. The molecule has 0 radical (unpaired) electrons. The molecule has 0 spiro atoms. The van der Waals surface area contributed by atoms with Crippen LogP contribution in [0.5, 0.6) is 0 Å². The average Bonchev–Trinajstić information content (AvgIpc) is 3.41. The smallest absolute Gasteiger partial charge is 0.276 e. The van der Waals surface area contributed by atoms with Crippen LogP contribution in [0.15, 0.2) is 59.3 Å². The van der Waals surface area contributed by atoms with Gasteiger partial charge in [0.1, 0.15) is 11.6 Å². The Morgan fingerprint density at radius 3 is 2.66 bits per heavy atom. The number of nitrogens with zero attached hydrogens (tertiary/aromatic N) is 4. The van der Waals surface area contributed by atoms with Gasteiger partial charge in [0.15, 0.2) is 5.69 Å². The van der Waals surface area contributed by atoms with E-state index >= 15 is 0 Å². The van der Waals surface area contributed by atoms with Crippen LogP contribution in [0.3, 0.4) is 0 Å². The number of rotatable bonds is 4. The van der Waals surface area contributed by atoms with Gasteiger partial charge in [-0.2, -0.15) is 4.98 Å². The molecule has 2 aromatic heterocycles. The van der Waals surface area contributed by atoms with E-state index < -0.39 is 0 Å². The summed E-state index contributed by atoms with van der Waals surface area (Å²) >= 11 is 0. The van der Waals surface area contributed by atoms with Crippen molar-refractivity contribution in [1.82, 2.24) is 20.0 Å². The maximum atomic E-state index is 13.2.